The van der Waals surface area contributed by atoms with Gasteiger partial charge in [-0.3, -0.25) is 9.78 Å². The minimum Gasteiger partial charge on any atom is -0.384 e. The quantitative estimate of drug-likeness (QED) is 0.819. The minimum atomic E-state index is -0.972. The third-order valence-electron chi connectivity index (χ3n) is 2.76. The van der Waals surface area contributed by atoms with Gasteiger partial charge in [-0.15, -0.1) is 0 Å². The molecule has 0 aliphatic heterocycles. The van der Waals surface area contributed by atoms with Gasteiger partial charge in [0.15, 0.2) is 5.78 Å². The maximum atomic E-state index is 11.2. The number of aromatic nitrogens is 1. The van der Waals surface area contributed by atoms with E-state index in [-0.39, 0.29) is 11.4 Å². The molecule has 17 heavy (non-hydrogen) atoms. The van der Waals surface area contributed by atoms with Crippen LogP contribution in [0.2, 0.25) is 0 Å². The summed E-state index contributed by atoms with van der Waals surface area (Å²) in [6.07, 6.45) is 0.647. The zero-order valence-corrected chi connectivity index (χ0v) is 9.55. The molecule has 0 radical (unpaired) electrons. The highest BCUT2D eigenvalue weighted by Gasteiger charge is 2.17. The zero-order chi connectivity index (χ0) is 12.4. The molecule has 2 rings (SSSR count). The van der Waals surface area contributed by atoms with E-state index in [9.17, 15) is 9.90 Å². The molecule has 86 valence electrons. The fourth-order valence-corrected chi connectivity index (χ4v) is 1.74. The van der Waals surface area contributed by atoms with E-state index in [2.05, 4.69) is 11.6 Å². The van der Waals surface area contributed by atoms with Gasteiger partial charge in [0, 0.05) is 17.2 Å². The number of carbonyl (C=O) groups excluding carboxylic acids is 1. The van der Waals surface area contributed by atoms with Crippen molar-refractivity contribution in [2.75, 3.05) is 0 Å². The zero-order valence-electron chi connectivity index (χ0n) is 9.55. The Morgan fingerprint density at radius 1 is 1.35 bits per heavy atom. The van der Waals surface area contributed by atoms with Crippen LogP contribution < -0.4 is 0 Å². The van der Waals surface area contributed by atoms with Crippen LogP contribution in [-0.4, -0.2) is 15.9 Å². The SMILES string of the molecule is C=C(C(C)=O)C(O)c1ccnc2ccccc12. The molecule has 1 atom stereocenters. The van der Waals surface area contributed by atoms with Crippen molar-refractivity contribution in [1.29, 1.82) is 0 Å². The van der Waals surface area contributed by atoms with Gasteiger partial charge < -0.3 is 5.11 Å². The molecule has 1 unspecified atom stereocenters. The van der Waals surface area contributed by atoms with E-state index >= 15 is 0 Å². The Balaban J connectivity index is 2.56. The molecule has 0 saturated carbocycles. The molecule has 1 heterocycles. The average Bonchev–Trinajstić information content (AvgIpc) is 2.36. The Hall–Kier alpha value is -2.00. The van der Waals surface area contributed by atoms with Crippen molar-refractivity contribution in [2.45, 2.75) is 13.0 Å². The molecule has 0 aliphatic carbocycles. The lowest BCUT2D eigenvalue weighted by Gasteiger charge is -2.13. The summed E-state index contributed by atoms with van der Waals surface area (Å²) >= 11 is 0. The molecule has 1 aromatic carbocycles. The smallest absolute Gasteiger partial charge is 0.158 e. The summed E-state index contributed by atoms with van der Waals surface area (Å²) in [5.74, 6) is -0.210. The largest absolute Gasteiger partial charge is 0.384 e. The predicted molar refractivity (Wildman–Crippen MR) is 66.5 cm³/mol. The number of fused-ring (bicyclic) bond motifs is 1. The number of benzene rings is 1. The van der Waals surface area contributed by atoms with Crippen LogP contribution in [0.15, 0.2) is 48.7 Å². The summed E-state index contributed by atoms with van der Waals surface area (Å²) in [5, 5.41) is 10.9. The highest BCUT2D eigenvalue weighted by atomic mass is 16.3. The Morgan fingerprint density at radius 3 is 2.76 bits per heavy atom. The van der Waals surface area contributed by atoms with Crippen molar-refractivity contribution in [3.8, 4) is 0 Å². The second kappa shape index (κ2) is 4.47. The number of Topliss-reactive ketones (excluding diaryl/α,β-unsaturated/α-hetero) is 1. The molecule has 2 aromatic rings. The molecule has 1 N–H and O–H groups in total. The van der Waals surface area contributed by atoms with Crippen LogP contribution in [0.4, 0.5) is 0 Å². The van der Waals surface area contributed by atoms with Crippen LogP contribution >= 0.6 is 0 Å². The molecule has 0 spiro atoms. The second-order valence-corrected chi connectivity index (χ2v) is 3.90. The average molecular weight is 227 g/mol. The van der Waals surface area contributed by atoms with E-state index in [1.165, 1.54) is 6.92 Å². The minimum absolute atomic E-state index is 0.196. The van der Waals surface area contributed by atoms with E-state index < -0.39 is 6.10 Å². The van der Waals surface area contributed by atoms with Gasteiger partial charge in [-0.05, 0) is 24.6 Å². The maximum absolute atomic E-state index is 11.2. The van der Waals surface area contributed by atoms with Crippen LogP contribution in [0.25, 0.3) is 10.9 Å². The van der Waals surface area contributed by atoms with E-state index in [0.29, 0.717) is 5.56 Å². The number of ketones is 1. The first-order chi connectivity index (χ1) is 8.11. The summed E-state index contributed by atoms with van der Waals surface area (Å²) in [4.78, 5) is 15.4. The lowest BCUT2D eigenvalue weighted by Crippen LogP contribution is -2.08. The van der Waals surface area contributed by atoms with Crippen molar-refractivity contribution in [2.24, 2.45) is 0 Å². The van der Waals surface area contributed by atoms with Crippen molar-refractivity contribution < 1.29 is 9.90 Å². The number of pyridine rings is 1. The van der Waals surface area contributed by atoms with Crippen molar-refractivity contribution in [3.63, 3.8) is 0 Å². The van der Waals surface area contributed by atoms with E-state index in [1.807, 2.05) is 24.3 Å². The summed E-state index contributed by atoms with van der Waals surface area (Å²) in [7, 11) is 0. The maximum Gasteiger partial charge on any atom is 0.158 e. The van der Waals surface area contributed by atoms with Gasteiger partial charge in [0.2, 0.25) is 0 Å². The normalized spacial score (nSPS) is 12.4. The molecule has 0 bridgehead atoms. The summed E-state index contributed by atoms with van der Waals surface area (Å²) in [6, 6.07) is 9.19. The van der Waals surface area contributed by atoms with E-state index in [4.69, 9.17) is 0 Å². The number of para-hydroxylation sites is 1. The topological polar surface area (TPSA) is 50.2 Å². The van der Waals surface area contributed by atoms with Crippen LogP contribution in [0.1, 0.15) is 18.6 Å². The number of aliphatic hydroxyl groups is 1. The first kappa shape index (κ1) is 11.5. The fraction of sp³-hybridized carbons (Fsp3) is 0.143. The number of nitrogens with zero attached hydrogens (tertiary/aromatic N) is 1. The fourth-order valence-electron chi connectivity index (χ4n) is 1.74. The number of aliphatic hydroxyl groups excluding tert-OH is 1. The summed E-state index contributed by atoms with van der Waals surface area (Å²) in [6.45, 7) is 5.02. The molecular formula is C14H13NO2. The van der Waals surface area contributed by atoms with Gasteiger partial charge >= 0.3 is 0 Å². The third kappa shape index (κ3) is 2.10. The lowest BCUT2D eigenvalue weighted by molar-refractivity contribution is -0.114. The molecule has 3 heteroatoms. The second-order valence-electron chi connectivity index (χ2n) is 3.90. The Bertz CT molecular complexity index is 584. The highest BCUT2D eigenvalue weighted by molar-refractivity contribution is 5.95. The van der Waals surface area contributed by atoms with E-state index in [0.717, 1.165) is 10.9 Å². The first-order valence-electron chi connectivity index (χ1n) is 5.32. The number of rotatable bonds is 3. The summed E-state index contributed by atoms with van der Waals surface area (Å²) < 4.78 is 0. The van der Waals surface area contributed by atoms with Gasteiger partial charge in [-0.1, -0.05) is 24.8 Å². The molecular weight excluding hydrogens is 214 g/mol. The first-order valence-corrected chi connectivity index (χ1v) is 5.32. The predicted octanol–water partition coefficient (Wildman–Crippen LogP) is 2.41. The molecule has 3 nitrogen and oxygen atoms in total. The number of hydrogen-bond acceptors (Lipinski definition) is 3. The van der Waals surface area contributed by atoms with Crippen molar-refractivity contribution >= 4 is 16.7 Å². The molecule has 0 saturated heterocycles. The summed E-state index contributed by atoms with van der Waals surface area (Å²) in [5.41, 5.74) is 1.65. The van der Waals surface area contributed by atoms with Crippen LogP contribution in [0, 0.1) is 0 Å². The van der Waals surface area contributed by atoms with Crippen LogP contribution in [-0.2, 0) is 4.79 Å². The van der Waals surface area contributed by atoms with Crippen molar-refractivity contribution in [3.05, 3.63) is 54.2 Å². The molecule has 0 amide bonds. The Kier molecular flexibility index (Phi) is 3.02. The van der Waals surface area contributed by atoms with Crippen molar-refractivity contribution in [1.82, 2.24) is 4.98 Å². The Morgan fingerprint density at radius 2 is 2.06 bits per heavy atom. The number of carbonyl (C=O) groups is 1. The molecule has 0 aliphatic rings. The third-order valence-corrected chi connectivity index (χ3v) is 2.76. The molecule has 1 aromatic heterocycles. The highest BCUT2D eigenvalue weighted by Crippen LogP contribution is 2.27. The van der Waals surface area contributed by atoms with E-state index in [1.54, 1.807) is 12.3 Å². The monoisotopic (exact) mass is 227 g/mol. The Labute approximate surface area is 99.4 Å². The molecule has 0 fully saturated rings. The standard InChI is InChI=1S/C14H13NO2/c1-9(10(2)16)14(17)12-7-8-15-13-6-4-3-5-11(12)13/h3-8,14,17H,1H2,2H3. The van der Waals surface area contributed by atoms with Gasteiger partial charge in [0.1, 0.15) is 6.10 Å². The van der Waals surface area contributed by atoms with Gasteiger partial charge in [0.25, 0.3) is 0 Å². The van der Waals surface area contributed by atoms with Gasteiger partial charge in [0.05, 0.1) is 5.52 Å². The van der Waals surface area contributed by atoms with Gasteiger partial charge in [-0.2, -0.15) is 0 Å². The van der Waals surface area contributed by atoms with Gasteiger partial charge in [-0.25, -0.2) is 0 Å². The van der Waals surface area contributed by atoms with Crippen LogP contribution in [0.3, 0.4) is 0 Å². The number of hydrogen-bond donors (Lipinski definition) is 1. The lowest BCUT2D eigenvalue weighted by atomic mass is 9.97. The van der Waals surface area contributed by atoms with Crippen LogP contribution in [0.5, 0.6) is 0 Å².